The SMILES string of the molecule is Nc1ccc(OC2CCCC2)cc1-c1cc(C(=O)N[C@H]2CCCc3ccccc32)ccn1. The molecule has 5 heteroatoms. The predicted octanol–water partition coefficient (Wildman–Crippen LogP) is 5.46. The molecule has 1 fully saturated rings. The van der Waals surface area contributed by atoms with E-state index in [-0.39, 0.29) is 18.1 Å². The maximum Gasteiger partial charge on any atom is 0.251 e. The fourth-order valence-electron chi connectivity index (χ4n) is 4.89. The fraction of sp³-hybridized carbons (Fsp3) is 0.333. The number of aromatic nitrogens is 1. The third-order valence-electron chi connectivity index (χ3n) is 6.60. The Hall–Kier alpha value is -3.34. The molecule has 32 heavy (non-hydrogen) atoms. The van der Waals surface area contributed by atoms with E-state index in [1.165, 1.54) is 24.0 Å². The van der Waals surface area contributed by atoms with Crippen molar-refractivity contribution in [2.45, 2.75) is 57.1 Å². The van der Waals surface area contributed by atoms with Crippen molar-refractivity contribution in [3.63, 3.8) is 0 Å². The van der Waals surface area contributed by atoms with E-state index in [1.54, 1.807) is 12.3 Å². The number of rotatable bonds is 5. The molecule has 3 aromatic rings. The van der Waals surface area contributed by atoms with Crippen LogP contribution in [0.5, 0.6) is 5.75 Å². The van der Waals surface area contributed by atoms with Crippen molar-refractivity contribution in [3.8, 4) is 17.0 Å². The minimum Gasteiger partial charge on any atom is -0.490 e. The van der Waals surface area contributed by atoms with Gasteiger partial charge in [0.1, 0.15) is 5.75 Å². The first kappa shape index (κ1) is 20.6. The van der Waals surface area contributed by atoms with Gasteiger partial charge in [0, 0.05) is 23.0 Å². The number of benzene rings is 2. The van der Waals surface area contributed by atoms with Gasteiger partial charge < -0.3 is 15.8 Å². The Morgan fingerprint density at radius 3 is 2.72 bits per heavy atom. The van der Waals surface area contributed by atoms with Gasteiger partial charge in [-0.25, -0.2) is 0 Å². The molecule has 0 bridgehead atoms. The Morgan fingerprint density at radius 1 is 1.00 bits per heavy atom. The highest BCUT2D eigenvalue weighted by molar-refractivity contribution is 5.95. The number of nitrogens with one attached hydrogen (secondary N) is 1. The predicted molar refractivity (Wildman–Crippen MR) is 127 cm³/mol. The molecule has 2 aliphatic rings. The van der Waals surface area contributed by atoms with E-state index >= 15 is 0 Å². The van der Waals surface area contributed by atoms with Crippen molar-refractivity contribution in [2.24, 2.45) is 0 Å². The Morgan fingerprint density at radius 2 is 1.84 bits per heavy atom. The molecule has 5 nitrogen and oxygen atoms in total. The standard InChI is InChI=1S/C27H29N3O2/c28-24-13-12-21(32-20-8-2-3-9-20)17-23(24)26-16-19(14-15-29-26)27(31)30-25-11-5-7-18-6-1-4-10-22(18)25/h1,4,6,10,12-17,20,25H,2-3,5,7-9,11,28H2,(H,30,31)/t25-/m0/s1. The number of nitrogens with zero attached hydrogens (tertiary/aromatic N) is 1. The summed E-state index contributed by atoms with van der Waals surface area (Å²) in [5, 5.41) is 3.22. The summed E-state index contributed by atoms with van der Waals surface area (Å²) in [5.74, 6) is 0.712. The Kier molecular flexibility index (Phi) is 5.80. The smallest absolute Gasteiger partial charge is 0.251 e. The fourth-order valence-corrected chi connectivity index (χ4v) is 4.89. The molecule has 3 N–H and O–H groups in total. The van der Waals surface area contributed by atoms with Crippen LogP contribution in [0.15, 0.2) is 60.8 Å². The zero-order valence-electron chi connectivity index (χ0n) is 18.2. The summed E-state index contributed by atoms with van der Waals surface area (Å²) < 4.78 is 6.14. The number of carbonyl (C=O) groups excluding carboxylic acids is 1. The van der Waals surface area contributed by atoms with Gasteiger partial charge in [0.15, 0.2) is 0 Å². The number of anilines is 1. The summed E-state index contributed by atoms with van der Waals surface area (Å²) in [5.41, 5.74) is 11.5. The van der Waals surface area contributed by atoms with E-state index in [0.717, 1.165) is 43.4 Å². The largest absolute Gasteiger partial charge is 0.490 e. The molecule has 0 unspecified atom stereocenters. The number of ether oxygens (including phenoxy) is 1. The number of aryl methyl sites for hydroxylation is 1. The van der Waals surface area contributed by atoms with Crippen molar-refractivity contribution < 1.29 is 9.53 Å². The van der Waals surface area contributed by atoms with Gasteiger partial charge in [-0.3, -0.25) is 9.78 Å². The molecule has 1 heterocycles. The van der Waals surface area contributed by atoms with E-state index in [0.29, 0.717) is 16.9 Å². The molecule has 1 atom stereocenters. The molecule has 2 aromatic carbocycles. The Labute approximate surface area is 189 Å². The number of nitrogen functional groups attached to an aromatic ring is 1. The second-order valence-electron chi connectivity index (χ2n) is 8.82. The number of pyridine rings is 1. The molecule has 1 saturated carbocycles. The van der Waals surface area contributed by atoms with Crippen molar-refractivity contribution in [1.82, 2.24) is 10.3 Å². The minimum atomic E-state index is -0.0905. The van der Waals surface area contributed by atoms with Gasteiger partial charge in [-0.1, -0.05) is 24.3 Å². The molecule has 164 valence electrons. The van der Waals surface area contributed by atoms with Gasteiger partial charge in [-0.05, 0) is 86.4 Å². The first-order valence-electron chi connectivity index (χ1n) is 11.6. The van der Waals surface area contributed by atoms with E-state index in [2.05, 4.69) is 28.5 Å². The number of amides is 1. The maximum absolute atomic E-state index is 13.1. The maximum atomic E-state index is 13.1. The lowest BCUT2D eigenvalue weighted by atomic mass is 9.87. The number of hydrogen-bond donors (Lipinski definition) is 2. The van der Waals surface area contributed by atoms with E-state index in [4.69, 9.17) is 10.5 Å². The topological polar surface area (TPSA) is 77.2 Å². The van der Waals surface area contributed by atoms with Gasteiger partial charge in [0.25, 0.3) is 5.91 Å². The molecule has 0 saturated heterocycles. The van der Waals surface area contributed by atoms with Crippen LogP contribution in [0.25, 0.3) is 11.3 Å². The van der Waals surface area contributed by atoms with Crippen LogP contribution in [0.2, 0.25) is 0 Å². The van der Waals surface area contributed by atoms with Gasteiger partial charge in [0.05, 0.1) is 17.8 Å². The summed E-state index contributed by atoms with van der Waals surface area (Å²) in [4.78, 5) is 17.6. The molecule has 0 radical (unpaired) electrons. The first-order valence-corrected chi connectivity index (χ1v) is 11.6. The number of hydrogen-bond acceptors (Lipinski definition) is 4. The lowest BCUT2D eigenvalue weighted by Crippen LogP contribution is -2.31. The van der Waals surface area contributed by atoms with Crippen molar-refractivity contribution in [1.29, 1.82) is 0 Å². The molecule has 2 aliphatic carbocycles. The number of fused-ring (bicyclic) bond motifs is 1. The second kappa shape index (κ2) is 9.03. The third kappa shape index (κ3) is 4.33. The van der Waals surface area contributed by atoms with Crippen LogP contribution in [0.1, 0.15) is 66.1 Å². The van der Waals surface area contributed by atoms with Crippen molar-refractivity contribution in [2.75, 3.05) is 5.73 Å². The van der Waals surface area contributed by atoms with Crippen molar-refractivity contribution in [3.05, 3.63) is 77.5 Å². The lowest BCUT2D eigenvalue weighted by Gasteiger charge is -2.26. The van der Waals surface area contributed by atoms with Crippen molar-refractivity contribution >= 4 is 11.6 Å². The number of nitrogens with two attached hydrogens (primary N) is 1. The van der Waals surface area contributed by atoms with Gasteiger partial charge >= 0.3 is 0 Å². The van der Waals surface area contributed by atoms with Crippen LogP contribution in [-0.2, 0) is 6.42 Å². The normalized spacial score (nSPS) is 18.2. The van der Waals surface area contributed by atoms with Gasteiger partial charge in [-0.2, -0.15) is 0 Å². The van der Waals surface area contributed by atoms with Crippen LogP contribution in [0, 0.1) is 0 Å². The molecule has 0 spiro atoms. The highest BCUT2D eigenvalue weighted by Gasteiger charge is 2.22. The van der Waals surface area contributed by atoms with E-state index < -0.39 is 0 Å². The first-order chi connectivity index (χ1) is 15.7. The quantitative estimate of drug-likeness (QED) is 0.530. The third-order valence-corrected chi connectivity index (χ3v) is 6.60. The molecule has 0 aliphatic heterocycles. The van der Waals surface area contributed by atoms with Crippen LogP contribution in [-0.4, -0.2) is 17.0 Å². The zero-order chi connectivity index (χ0) is 21.9. The van der Waals surface area contributed by atoms with E-state index in [1.807, 2.05) is 30.3 Å². The molecule has 5 rings (SSSR count). The summed E-state index contributed by atoms with van der Waals surface area (Å²) in [7, 11) is 0. The van der Waals surface area contributed by atoms with Gasteiger partial charge in [0.2, 0.25) is 0 Å². The zero-order valence-corrected chi connectivity index (χ0v) is 18.2. The van der Waals surface area contributed by atoms with Crippen LogP contribution < -0.4 is 15.8 Å². The second-order valence-corrected chi connectivity index (χ2v) is 8.82. The average Bonchev–Trinajstić information content (AvgIpc) is 3.34. The summed E-state index contributed by atoms with van der Waals surface area (Å²) in [6.07, 6.45) is 9.67. The Bertz CT molecular complexity index is 1120. The van der Waals surface area contributed by atoms with E-state index in [9.17, 15) is 4.79 Å². The molecular formula is C27H29N3O2. The monoisotopic (exact) mass is 427 g/mol. The lowest BCUT2D eigenvalue weighted by molar-refractivity contribution is 0.0932. The van der Waals surface area contributed by atoms with Gasteiger partial charge in [-0.15, -0.1) is 0 Å². The van der Waals surface area contributed by atoms with Crippen LogP contribution in [0.3, 0.4) is 0 Å². The Balaban J connectivity index is 1.36. The van der Waals surface area contributed by atoms with Crippen LogP contribution >= 0.6 is 0 Å². The summed E-state index contributed by atoms with van der Waals surface area (Å²) >= 11 is 0. The molecular weight excluding hydrogens is 398 g/mol. The highest BCUT2D eigenvalue weighted by atomic mass is 16.5. The summed E-state index contributed by atoms with van der Waals surface area (Å²) in [6, 6.07) is 17.7. The number of carbonyl (C=O) groups is 1. The average molecular weight is 428 g/mol. The highest BCUT2D eigenvalue weighted by Crippen LogP contribution is 2.32. The summed E-state index contributed by atoms with van der Waals surface area (Å²) in [6.45, 7) is 0. The minimum absolute atomic E-state index is 0.0391. The molecule has 1 aromatic heterocycles. The van der Waals surface area contributed by atoms with Crippen LogP contribution in [0.4, 0.5) is 5.69 Å². The molecule has 1 amide bonds.